The molecule has 134 valence electrons. The number of aliphatic carboxylic acids is 1. The minimum absolute atomic E-state index is 0.312. The van der Waals surface area contributed by atoms with Gasteiger partial charge in [0.05, 0.1) is 19.8 Å². The number of nitriles is 1. The summed E-state index contributed by atoms with van der Waals surface area (Å²) in [6.07, 6.45) is 2.01. The molecule has 0 saturated heterocycles. The molecule has 0 saturated carbocycles. The number of hydrogen-bond donors (Lipinski definition) is 1. The van der Waals surface area contributed by atoms with Crippen LogP contribution < -0.4 is 0 Å². The Kier molecular flexibility index (Phi) is 26.7. The van der Waals surface area contributed by atoms with Gasteiger partial charge in [-0.1, -0.05) is 26.3 Å². The van der Waals surface area contributed by atoms with Gasteiger partial charge in [0.25, 0.3) is 0 Å². The molecule has 0 atom stereocenters. The van der Waals surface area contributed by atoms with Gasteiger partial charge in [-0.05, 0) is 20.8 Å². The molecule has 7 heteroatoms. The second-order valence-corrected chi connectivity index (χ2v) is 3.65. The Morgan fingerprint density at radius 1 is 1.12 bits per heavy atom. The van der Waals surface area contributed by atoms with Crippen LogP contribution >= 0.6 is 0 Å². The second-order valence-electron chi connectivity index (χ2n) is 3.65. The molecule has 0 aromatic heterocycles. The summed E-state index contributed by atoms with van der Waals surface area (Å²) in [6, 6.07) is 1.69. The van der Waals surface area contributed by atoms with Crippen molar-refractivity contribution in [2.45, 2.75) is 20.8 Å². The molecule has 24 heavy (non-hydrogen) atoms. The molecule has 0 amide bonds. The van der Waals surface area contributed by atoms with Crippen molar-refractivity contribution in [2.24, 2.45) is 0 Å². The van der Waals surface area contributed by atoms with Crippen molar-refractivity contribution in [3.63, 3.8) is 0 Å². The molecule has 1 N–H and O–H groups in total. The number of carboxylic acids is 1. The van der Waals surface area contributed by atoms with Gasteiger partial charge in [-0.3, -0.25) is 0 Å². The number of carbonyl (C=O) groups is 3. The van der Waals surface area contributed by atoms with Gasteiger partial charge >= 0.3 is 17.9 Å². The maximum atomic E-state index is 10.4. The van der Waals surface area contributed by atoms with Gasteiger partial charge < -0.3 is 14.6 Å². The summed E-state index contributed by atoms with van der Waals surface area (Å²) in [4.78, 5) is 29.9. The van der Waals surface area contributed by atoms with Gasteiger partial charge in [0.2, 0.25) is 0 Å². The molecule has 7 nitrogen and oxygen atoms in total. The van der Waals surface area contributed by atoms with Crippen LogP contribution in [-0.2, 0) is 23.9 Å². The van der Waals surface area contributed by atoms with Crippen molar-refractivity contribution < 1.29 is 29.0 Å². The highest BCUT2D eigenvalue weighted by atomic mass is 16.5. The maximum absolute atomic E-state index is 10.4. The third-order valence-electron chi connectivity index (χ3n) is 1.42. The zero-order chi connectivity index (χ0) is 20.1. The third-order valence-corrected chi connectivity index (χ3v) is 1.42. The SMILES string of the molecule is C=C(C)C(=O)OC.C=C(C)C(=O)OCC.C=CC#N.C=CC(=O)O. The van der Waals surface area contributed by atoms with E-state index in [0.717, 1.165) is 6.08 Å². The Bertz CT molecular complexity index is 486. The quantitative estimate of drug-likeness (QED) is 0.476. The molecule has 0 spiro atoms. The smallest absolute Gasteiger partial charge is 0.333 e. The van der Waals surface area contributed by atoms with E-state index in [1.165, 1.54) is 13.2 Å². The average molecular weight is 339 g/mol. The molecule has 0 unspecified atom stereocenters. The number of ether oxygens (including phenoxy) is 2. The summed E-state index contributed by atoms with van der Waals surface area (Å²) in [6.45, 7) is 18.2. The number of methoxy groups -OCH3 is 1. The lowest BCUT2D eigenvalue weighted by atomic mass is 10.4. The number of nitrogens with zero attached hydrogens (tertiary/aromatic N) is 1. The predicted molar refractivity (Wildman–Crippen MR) is 91.9 cm³/mol. The number of carbonyl (C=O) groups excluding carboxylic acids is 2. The molecular weight excluding hydrogens is 314 g/mol. The van der Waals surface area contributed by atoms with Gasteiger partial charge in [-0.2, -0.15) is 5.26 Å². The van der Waals surface area contributed by atoms with Crippen molar-refractivity contribution in [1.29, 1.82) is 5.26 Å². The highest BCUT2D eigenvalue weighted by molar-refractivity contribution is 5.87. The van der Waals surface area contributed by atoms with Crippen molar-refractivity contribution in [2.75, 3.05) is 13.7 Å². The standard InChI is InChI=1S/C6H10O2.C5H8O2.C3H3N.C3H4O2/c1-4-8-6(7)5(2)3;1-4(2)5(6)7-3;1-2-3-4;1-2-3(4)5/h2,4H2,1,3H3;1H2,2-3H3;2H,1H2;2H,1H2,(H,4,5). The molecule has 0 bridgehead atoms. The van der Waals surface area contributed by atoms with E-state index < -0.39 is 5.97 Å². The van der Waals surface area contributed by atoms with Crippen LogP contribution in [0.4, 0.5) is 0 Å². The number of allylic oxidation sites excluding steroid dienone is 1. The largest absolute Gasteiger partial charge is 0.478 e. The molecule has 0 rings (SSSR count). The fourth-order valence-electron chi connectivity index (χ4n) is 0.429. The summed E-state index contributed by atoms with van der Waals surface area (Å²) in [5, 5.41) is 15.1. The molecule has 0 aliphatic heterocycles. The lowest BCUT2D eigenvalue weighted by Crippen LogP contribution is -2.03. The maximum Gasteiger partial charge on any atom is 0.333 e. The lowest BCUT2D eigenvalue weighted by Gasteiger charge is -1.96. The normalized spacial score (nSPS) is 6.96. The lowest BCUT2D eigenvalue weighted by molar-refractivity contribution is -0.138. The molecule has 0 aliphatic carbocycles. The highest BCUT2D eigenvalue weighted by Crippen LogP contribution is 1.89. The first-order valence-corrected chi connectivity index (χ1v) is 6.47. The van der Waals surface area contributed by atoms with E-state index in [1.54, 1.807) is 26.8 Å². The van der Waals surface area contributed by atoms with Crippen LogP contribution in [0.5, 0.6) is 0 Å². The van der Waals surface area contributed by atoms with Gasteiger partial charge in [-0.25, -0.2) is 14.4 Å². The topological polar surface area (TPSA) is 114 Å². The first-order valence-electron chi connectivity index (χ1n) is 6.47. The number of esters is 2. The number of carboxylic acid groups (broad SMARTS) is 1. The molecular formula is C17H25NO6. The van der Waals surface area contributed by atoms with E-state index in [-0.39, 0.29) is 11.9 Å². The number of rotatable bonds is 4. The highest BCUT2D eigenvalue weighted by Gasteiger charge is 1.98. The minimum Gasteiger partial charge on any atom is -0.478 e. The fraction of sp³-hybridized carbons (Fsp3) is 0.294. The summed E-state index contributed by atoms with van der Waals surface area (Å²) < 4.78 is 8.84. The van der Waals surface area contributed by atoms with Crippen molar-refractivity contribution >= 4 is 17.9 Å². The monoisotopic (exact) mass is 339 g/mol. The molecule has 0 aliphatic rings. The first-order chi connectivity index (χ1) is 11.0. The van der Waals surface area contributed by atoms with Crippen molar-refractivity contribution in [3.05, 3.63) is 49.6 Å². The van der Waals surface area contributed by atoms with Gasteiger partial charge in [0, 0.05) is 23.3 Å². The van der Waals surface area contributed by atoms with Gasteiger partial charge in [-0.15, -0.1) is 0 Å². The van der Waals surface area contributed by atoms with E-state index in [1.807, 2.05) is 0 Å². The Balaban J connectivity index is -0.000000115. The summed E-state index contributed by atoms with van der Waals surface area (Å²) in [5.41, 5.74) is 0.884. The van der Waals surface area contributed by atoms with Crippen LogP contribution in [0.3, 0.4) is 0 Å². The number of hydrogen-bond acceptors (Lipinski definition) is 6. The Morgan fingerprint density at radius 2 is 1.46 bits per heavy atom. The predicted octanol–water partition coefficient (Wildman–Crippen LogP) is 2.81. The van der Waals surface area contributed by atoms with Crippen LogP contribution in [-0.4, -0.2) is 36.7 Å². The molecule has 0 radical (unpaired) electrons. The fourth-order valence-corrected chi connectivity index (χ4v) is 0.429. The van der Waals surface area contributed by atoms with Crippen LogP contribution in [0.2, 0.25) is 0 Å². The van der Waals surface area contributed by atoms with Crippen LogP contribution in [0, 0.1) is 11.3 Å². The Morgan fingerprint density at radius 3 is 1.50 bits per heavy atom. The van der Waals surface area contributed by atoms with E-state index in [2.05, 4.69) is 35.8 Å². The molecule has 0 fully saturated rings. The Labute approximate surface area is 143 Å². The first kappa shape index (κ1) is 28.9. The third kappa shape index (κ3) is 36.4. The second kappa shape index (κ2) is 22.1. The van der Waals surface area contributed by atoms with E-state index >= 15 is 0 Å². The summed E-state index contributed by atoms with van der Waals surface area (Å²) in [7, 11) is 1.33. The van der Waals surface area contributed by atoms with Crippen molar-refractivity contribution in [3.8, 4) is 6.07 Å². The Hall–Kier alpha value is -3.14. The van der Waals surface area contributed by atoms with E-state index in [0.29, 0.717) is 17.8 Å². The molecule has 0 aromatic rings. The summed E-state index contributed by atoms with van der Waals surface area (Å²) >= 11 is 0. The summed E-state index contributed by atoms with van der Waals surface area (Å²) in [5.74, 6) is -1.64. The van der Waals surface area contributed by atoms with Crippen LogP contribution in [0.1, 0.15) is 20.8 Å². The average Bonchev–Trinajstić information content (AvgIpc) is 2.55. The minimum atomic E-state index is -0.981. The van der Waals surface area contributed by atoms with Crippen LogP contribution in [0.25, 0.3) is 0 Å². The molecule has 0 heterocycles. The van der Waals surface area contributed by atoms with E-state index in [4.69, 9.17) is 10.4 Å². The van der Waals surface area contributed by atoms with Gasteiger partial charge in [0.15, 0.2) is 0 Å². The van der Waals surface area contributed by atoms with E-state index in [9.17, 15) is 14.4 Å². The van der Waals surface area contributed by atoms with Crippen LogP contribution in [0.15, 0.2) is 49.6 Å². The van der Waals surface area contributed by atoms with Crippen molar-refractivity contribution in [1.82, 2.24) is 0 Å². The van der Waals surface area contributed by atoms with Gasteiger partial charge in [0.1, 0.15) is 0 Å². The zero-order valence-electron chi connectivity index (χ0n) is 14.6. The molecule has 0 aromatic carbocycles. The zero-order valence-corrected chi connectivity index (χ0v) is 14.6.